The molecule has 4 rings (SSSR count). The third-order valence-electron chi connectivity index (χ3n) is 6.45. The highest BCUT2D eigenvalue weighted by Gasteiger charge is 2.51. The van der Waals surface area contributed by atoms with E-state index in [1.165, 1.54) is 43.1 Å². The molecule has 38 heavy (non-hydrogen) atoms. The maximum absolute atomic E-state index is 12.7. The van der Waals surface area contributed by atoms with Crippen LogP contribution in [0.3, 0.4) is 0 Å². The van der Waals surface area contributed by atoms with E-state index in [2.05, 4.69) is 15.3 Å². The van der Waals surface area contributed by atoms with Crippen molar-refractivity contribution in [2.75, 3.05) is 0 Å². The Hall–Kier alpha value is -3.37. The van der Waals surface area contributed by atoms with Gasteiger partial charge in [-0.3, -0.25) is 4.79 Å². The van der Waals surface area contributed by atoms with E-state index >= 15 is 0 Å². The number of carbonyl (C=O) groups is 1. The second-order valence-electron chi connectivity index (χ2n) is 10.2. The molecule has 1 unspecified atom stereocenters. The molecule has 1 atom stereocenters. The minimum atomic E-state index is -0.531. The molecule has 3 aromatic rings. The van der Waals surface area contributed by atoms with Crippen molar-refractivity contribution in [2.45, 2.75) is 71.6 Å². The molecule has 0 saturated carbocycles. The molecule has 0 aliphatic carbocycles. The fourth-order valence-corrected chi connectivity index (χ4v) is 3.59. The van der Waals surface area contributed by atoms with Crippen LogP contribution in [0.1, 0.15) is 53.5 Å². The van der Waals surface area contributed by atoms with Gasteiger partial charge in [0.05, 0.1) is 17.4 Å². The van der Waals surface area contributed by atoms with Crippen LogP contribution in [0.5, 0.6) is 11.5 Å². The van der Waals surface area contributed by atoms with Gasteiger partial charge in [0, 0.05) is 24.6 Å². The fourth-order valence-electron chi connectivity index (χ4n) is 3.59. The normalized spacial score (nSPS) is 16.3. The number of benzene rings is 1. The van der Waals surface area contributed by atoms with Gasteiger partial charge in [-0.15, -0.1) is 0 Å². The summed E-state index contributed by atoms with van der Waals surface area (Å²) >= 11 is 0. The largest absolute Gasteiger partial charge is 0.496 e. The molecule has 1 aliphatic rings. The highest BCUT2D eigenvalue weighted by molar-refractivity contribution is 6.62. The summed E-state index contributed by atoms with van der Waals surface area (Å²) in [6.45, 7) is 11.4. The molecule has 0 bridgehead atoms. The molecule has 0 spiro atoms. The summed E-state index contributed by atoms with van der Waals surface area (Å²) in [7, 11) is -0.474. The van der Waals surface area contributed by atoms with Crippen molar-refractivity contribution >= 4 is 18.5 Å². The molecule has 1 aromatic carbocycles. The second kappa shape index (κ2) is 12.5. The molecular weight excluding hydrogens is 491 g/mol. The van der Waals surface area contributed by atoms with E-state index in [1.54, 1.807) is 6.07 Å². The number of hydrogen-bond acceptors (Lipinski definition) is 6. The van der Waals surface area contributed by atoms with Crippen molar-refractivity contribution < 1.29 is 27.6 Å². The first-order valence-corrected chi connectivity index (χ1v) is 12.5. The monoisotopic (exact) mass is 525 g/mol. The lowest BCUT2D eigenvalue weighted by Crippen LogP contribution is -2.41. The molecule has 0 radical (unpaired) electrons. The smallest absolute Gasteiger partial charge is 0.456 e. The van der Waals surface area contributed by atoms with Crippen molar-refractivity contribution in [3.05, 3.63) is 78.4 Å². The predicted octanol–water partition coefficient (Wildman–Crippen LogP) is 4.99. The zero-order valence-corrected chi connectivity index (χ0v) is 22.6. The number of rotatable bonds is 7. The van der Waals surface area contributed by atoms with Gasteiger partial charge in [-0.05, 0) is 83.4 Å². The summed E-state index contributed by atoms with van der Waals surface area (Å²) in [4.78, 5) is 18.1. The molecule has 1 saturated heterocycles. The Kier molecular flexibility index (Phi) is 9.57. The summed E-state index contributed by atoms with van der Waals surface area (Å²) < 4.78 is 42.6. The first-order valence-electron chi connectivity index (χ1n) is 12.5. The molecule has 7 nitrogen and oxygen atoms in total. The number of aryl methyl sites for hydroxylation is 1. The van der Waals surface area contributed by atoms with Crippen LogP contribution in [-0.4, -0.2) is 40.2 Å². The van der Waals surface area contributed by atoms with Crippen LogP contribution in [0, 0.1) is 11.9 Å². The van der Waals surface area contributed by atoms with Crippen molar-refractivity contribution in [3.63, 3.8) is 0 Å². The molecule has 10 heteroatoms. The SMILES string of the molecule is CC(=O)NC(C)CCc1ccc(Oc2ccc(F)nc2)cc1.CC1(C)OB(c2ccc(F)nc2)OC1(C)C. The number of ether oxygens (including phenoxy) is 1. The average molecular weight is 525 g/mol. The summed E-state index contributed by atoms with van der Waals surface area (Å²) in [6.07, 6.45) is 4.54. The minimum Gasteiger partial charge on any atom is -0.456 e. The zero-order chi connectivity index (χ0) is 27.9. The molecule has 2 aromatic heterocycles. The van der Waals surface area contributed by atoms with Crippen LogP contribution >= 0.6 is 0 Å². The lowest BCUT2D eigenvalue weighted by molar-refractivity contribution is -0.119. The lowest BCUT2D eigenvalue weighted by Gasteiger charge is -2.32. The number of pyridine rings is 2. The number of halogens is 2. The van der Waals surface area contributed by atoms with E-state index in [-0.39, 0.29) is 23.2 Å². The van der Waals surface area contributed by atoms with Crippen molar-refractivity contribution in [1.82, 2.24) is 15.3 Å². The third-order valence-corrected chi connectivity index (χ3v) is 6.45. The number of nitrogens with one attached hydrogen (secondary N) is 1. The molecule has 3 heterocycles. The Morgan fingerprint density at radius 3 is 1.97 bits per heavy atom. The maximum Gasteiger partial charge on any atom is 0.496 e. The van der Waals surface area contributed by atoms with E-state index in [4.69, 9.17) is 14.0 Å². The Balaban J connectivity index is 0.000000221. The number of amides is 1. The summed E-state index contributed by atoms with van der Waals surface area (Å²) in [6, 6.07) is 13.6. The summed E-state index contributed by atoms with van der Waals surface area (Å²) in [5.74, 6) is 0.126. The molecule has 1 amide bonds. The van der Waals surface area contributed by atoms with E-state index in [0.717, 1.165) is 18.3 Å². The fraction of sp³-hybridized carbons (Fsp3) is 0.393. The molecule has 1 fully saturated rings. The number of carbonyl (C=O) groups excluding carboxylic acids is 1. The first-order chi connectivity index (χ1) is 17.8. The van der Waals surface area contributed by atoms with Gasteiger partial charge >= 0.3 is 7.12 Å². The van der Waals surface area contributed by atoms with Gasteiger partial charge in [0.15, 0.2) is 0 Å². The minimum absolute atomic E-state index is 0.0100. The quantitative estimate of drug-likeness (QED) is 0.346. The number of nitrogens with zero attached hydrogens (tertiary/aromatic N) is 2. The topological polar surface area (TPSA) is 82.6 Å². The van der Waals surface area contributed by atoms with E-state index < -0.39 is 19.0 Å². The zero-order valence-electron chi connectivity index (χ0n) is 22.6. The first kappa shape index (κ1) is 29.2. The highest BCUT2D eigenvalue weighted by atomic mass is 19.1. The van der Waals surface area contributed by atoms with Gasteiger partial charge in [0.1, 0.15) is 11.5 Å². The maximum atomic E-state index is 12.7. The van der Waals surface area contributed by atoms with E-state index in [0.29, 0.717) is 11.5 Å². The Bertz CT molecular complexity index is 1170. The van der Waals surface area contributed by atoms with Gasteiger partial charge < -0.3 is 19.4 Å². The second-order valence-corrected chi connectivity index (χ2v) is 10.2. The number of hydrogen-bond donors (Lipinski definition) is 1. The van der Waals surface area contributed by atoms with Crippen LogP contribution in [-0.2, 0) is 20.5 Å². The third kappa shape index (κ3) is 8.32. The van der Waals surface area contributed by atoms with Crippen LogP contribution in [0.15, 0.2) is 60.9 Å². The van der Waals surface area contributed by atoms with Gasteiger partial charge in [-0.2, -0.15) is 8.78 Å². The van der Waals surface area contributed by atoms with Crippen molar-refractivity contribution in [2.24, 2.45) is 0 Å². The van der Waals surface area contributed by atoms with Gasteiger partial charge in [0.25, 0.3) is 0 Å². The Morgan fingerprint density at radius 1 is 0.921 bits per heavy atom. The Labute approximate surface area is 223 Å². The van der Waals surface area contributed by atoms with Crippen LogP contribution in [0.25, 0.3) is 0 Å². The lowest BCUT2D eigenvalue weighted by atomic mass is 9.80. The van der Waals surface area contributed by atoms with E-state index in [1.807, 2.05) is 58.9 Å². The van der Waals surface area contributed by atoms with Crippen LogP contribution in [0.4, 0.5) is 8.78 Å². The standard InChI is InChI=1S/C17H19FN2O2.C11H15BFNO2/c1-12(20-13(2)21)3-4-14-5-7-15(8-6-14)22-16-9-10-17(18)19-11-16;1-10(2)11(3,4)16-12(15-10)8-5-6-9(13)14-7-8/h5-12H,3-4H2,1-2H3,(H,20,21);5-7H,1-4H3. The summed E-state index contributed by atoms with van der Waals surface area (Å²) in [5, 5.41) is 2.86. The highest BCUT2D eigenvalue weighted by Crippen LogP contribution is 2.36. The average Bonchev–Trinajstić information content (AvgIpc) is 3.07. The predicted molar refractivity (Wildman–Crippen MR) is 142 cm³/mol. The molecule has 1 aliphatic heterocycles. The molecule has 202 valence electrons. The van der Waals surface area contributed by atoms with Crippen LogP contribution < -0.4 is 15.5 Å². The van der Waals surface area contributed by atoms with Crippen molar-refractivity contribution in [3.8, 4) is 11.5 Å². The summed E-state index contributed by atoms with van der Waals surface area (Å²) in [5.41, 5.74) is 1.14. The van der Waals surface area contributed by atoms with Gasteiger partial charge in [0.2, 0.25) is 17.8 Å². The van der Waals surface area contributed by atoms with Gasteiger partial charge in [-0.1, -0.05) is 18.2 Å². The number of aromatic nitrogens is 2. The van der Waals surface area contributed by atoms with Gasteiger partial charge in [-0.25, -0.2) is 9.97 Å². The van der Waals surface area contributed by atoms with Crippen molar-refractivity contribution in [1.29, 1.82) is 0 Å². The molecule has 1 N–H and O–H groups in total. The van der Waals surface area contributed by atoms with Crippen LogP contribution in [0.2, 0.25) is 0 Å². The molecular formula is C28H34BF2N3O4. The Morgan fingerprint density at radius 2 is 1.47 bits per heavy atom. The van der Waals surface area contributed by atoms with E-state index in [9.17, 15) is 13.6 Å².